The molecule has 1 amide bonds. The first-order chi connectivity index (χ1) is 8.88. The number of piperidine rings is 1. The van der Waals surface area contributed by atoms with E-state index in [2.05, 4.69) is 24.3 Å². The molecule has 1 fully saturated rings. The van der Waals surface area contributed by atoms with Crippen LogP contribution >= 0.6 is 0 Å². The van der Waals surface area contributed by atoms with E-state index >= 15 is 0 Å². The number of benzene rings is 1. The molecule has 2 nitrogen and oxygen atoms in total. The van der Waals surface area contributed by atoms with Crippen molar-refractivity contribution < 1.29 is 13.6 Å². The molecule has 0 N–H and O–H groups in total. The number of amides is 1. The Hall–Kier alpha value is -1.45. The standard InChI is InChI=1S/C15H19F2NO/c1-11-3-5-12(6-4-11)13-7-9-18(10-8-13)14(19)15(2,16)17/h3-6,13H,7-10H2,1-2H3. The van der Waals surface area contributed by atoms with Crippen molar-refractivity contribution in [3.63, 3.8) is 0 Å². The van der Waals surface area contributed by atoms with E-state index in [1.54, 1.807) is 0 Å². The average Bonchev–Trinajstić information content (AvgIpc) is 2.38. The monoisotopic (exact) mass is 267 g/mol. The second-order valence-electron chi connectivity index (χ2n) is 5.37. The van der Waals surface area contributed by atoms with Crippen LogP contribution in [0.5, 0.6) is 0 Å². The predicted octanol–water partition coefficient (Wildman–Crippen LogP) is 3.36. The first kappa shape index (κ1) is 14.0. The molecule has 0 radical (unpaired) electrons. The van der Waals surface area contributed by atoms with Crippen LogP contribution in [-0.4, -0.2) is 29.8 Å². The molecule has 0 atom stereocenters. The number of alkyl halides is 2. The molecule has 0 aromatic heterocycles. The molecule has 2 rings (SSSR count). The summed E-state index contributed by atoms with van der Waals surface area (Å²) in [5.74, 6) is -3.93. The van der Waals surface area contributed by atoms with Gasteiger partial charge in [0.2, 0.25) is 0 Å². The van der Waals surface area contributed by atoms with Gasteiger partial charge in [0, 0.05) is 20.0 Å². The number of hydrogen-bond donors (Lipinski definition) is 0. The molecule has 1 aromatic carbocycles. The van der Waals surface area contributed by atoms with Crippen LogP contribution in [0.3, 0.4) is 0 Å². The van der Waals surface area contributed by atoms with Crippen LogP contribution in [0, 0.1) is 6.92 Å². The molecule has 0 spiro atoms. The van der Waals surface area contributed by atoms with Crippen molar-refractivity contribution in [2.24, 2.45) is 0 Å². The van der Waals surface area contributed by atoms with Gasteiger partial charge < -0.3 is 4.90 Å². The Morgan fingerprint density at radius 2 is 1.74 bits per heavy atom. The molecule has 1 aliphatic heterocycles. The lowest BCUT2D eigenvalue weighted by atomic mass is 9.89. The predicted molar refractivity (Wildman–Crippen MR) is 70.4 cm³/mol. The van der Waals surface area contributed by atoms with Gasteiger partial charge in [-0.1, -0.05) is 29.8 Å². The Kier molecular flexibility index (Phi) is 3.88. The van der Waals surface area contributed by atoms with Gasteiger partial charge in [0.25, 0.3) is 5.91 Å². The minimum absolute atomic E-state index is 0.370. The maximum absolute atomic E-state index is 13.0. The quantitative estimate of drug-likeness (QED) is 0.804. The van der Waals surface area contributed by atoms with Gasteiger partial charge in [-0.15, -0.1) is 0 Å². The van der Waals surface area contributed by atoms with E-state index in [4.69, 9.17) is 0 Å². The van der Waals surface area contributed by atoms with E-state index in [0.717, 1.165) is 12.8 Å². The zero-order valence-corrected chi connectivity index (χ0v) is 11.3. The minimum Gasteiger partial charge on any atom is -0.337 e. The lowest BCUT2D eigenvalue weighted by Gasteiger charge is -2.33. The van der Waals surface area contributed by atoms with Crippen LogP contribution < -0.4 is 0 Å². The Balaban J connectivity index is 1.96. The maximum atomic E-state index is 13.0. The molecule has 1 heterocycles. The summed E-state index contributed by atoms with van der Waals surface area (Å²) in [6.45, 7) is 3.54. The summed E-state index contributed by atoms with van der Waals surface area (Å²) in [5, 5.41) is 0. The Labute approximate surface area is 112 Å². The fraction of sp³-hybridized carbons (Fsp3) is 0.533. The van der Waals surface area contributed by atoms with Crippen molar-refractivity contribution in [1.82, 2.24) is 4.90 Å². The first-order valence-electron chi connectivity index (χ1n) is 6.61. The van der Waals surface area contributed by atoms with Crippen LogP contribution in [0.2, 0.25) is 0 Å². The van der Waals surface area contributed by atoms with Crippen LogP contribution in [0.25, 0.3) is 0 Å². The Morgan fingerprint density at radius 3 is 2.21 bits per heavy atom. The van der Waals surface area contributed by atoms with Gasteiger partial charge in [-0.3, -0.25) is 4.79 Å². The first-order valence-corrected chi connectivity index (χ1v) is 6.61. The van der Waals surface area contributed by atoms with E-state index in [1.165, 1.54) is 16.0 Å². The van der Waals surface area contributed by atoms with Crippen LogP contribution in [0.1, 0.15) is 36.8 Å². The smallest absolute Gasteiger partial charge is 0.322 e. The minimum atomic E-state index is -3.25. The van der Waals surface area contributed by atoms with Crippen molar-refractivity contribution in [2.45, 2.75) is 38.5 Å². The van der Waals surface area contributed by atoms with Gasteiger partial charge in [-0.25, -0.2) is 0 Å². The SMILES string of the molecule is Cc1ccc(C2CCN(C(=O)C(C)(F)F)CC2)cc1. The number of carbonyl (C=O) groups excluding carboxylic acids is 1. The highest BCUT2D eigenvalue weighted by atomic mass is 19.3. The zero-order valence-electron chi connectivity index (χ0n) is 11.3. The van der Waals surface area contributed by atoms with Gasteiger partial charge in [0.15, 0.2) is 0 Å². The summed E-state index contributed by atoms with van der Waals surface area (Å²) in [6, 6.07) is 8.30. The van der Waals surface area contributed by atoms with Gasteiger partial charge in [0.1, 0.15) is 0 Å². The van der Waals surface area contributed by atoms with Crippen molar-refractivity contribution in [2.75, 3.05) is 13.1 Å². The summed E-state index contributed by atoms with van der Waals surface area (Å²) < 4.78 is 25.9. The third-order valence-corrected chi connectivity index (χ3v) is 3.71. The van der Waals surface area contributed by atoms with Crippen LogP contribution in [-0.2, 0) is 4.79 Å². The zero-order chi connectivity index (χ0) is 14.0. The average molecular weight is 267 g/mol. The lowest BCUT2D eigenvalue weighted by Crippen LogP contribution is -2.45. The summed E-state index contributed by atoms with van der Waals surface area (Å²) in [6.07, 6.45) is 1.51. The van der Waals surface area contributed by atoms with Gasteiger partial charge >= 0.3 is 5.92 Å². The molecule has 1 aromatic rings. The molecule has 1 saturated heterocycles. The molecule has 104 valence electrons. The van der Waals surface area contributed by atoms with E-state index < -0.39 is 11.8 Å². The highest BCUT2D eigenvalue weighted by Gasteiger charge is 2.38. The second kappa shape index (κ2) is 5.27. The molecular formula is C15H19F2NO. The van der Waals surface area contributed by atoms with Crippen molar-refractivity contribution in [1.29, 1.82) is 0 Å². The lowest BCUT2D eigenvalue weighted by molar-refractivity contribution is -0.155. The highest BCUT2D eigenvalue weighted by molar-refractivity contribution is 5.83. The Morgan fingerprint density at radius 1 is 1.21 bits per heavy atom. The molecule has 1 aliphatic rings. The van der Waals surface area contributed by atoms with E-state index in [9.17, 15) is 13.6 Å². The van der Waals surface area contributed by atoms with Gasteiger partial charge in [-0.05, 0) is 31.2 Å². The number of aryl methyl sites for hydroxylation is 1. The van der Waals surface area contributed by atoms with E-state index in [0.29, 0.717) is 25.9 Å². The van der Waals surface area contributed by atoms with Crippen molar-refractivity contribution in [3.8, 4) is 0 Å². The summed E-state index contributed by atoms with van der Waals surface area (Å²) >= 11 is 0. The molecule has 19 heavy (non-hydrogen) atoms. The summed E-state index contributed by atoms with van der Waals surface area (Å²) in [4.78, 5) is 12.8. The highest BCUT2D eigenvalue weighted by Crippen LogP contribution is 2.29. The van der Waals surface area contributed by atoms with Crippen molar-refractivity contribution in [3.05, 3.63) is 35.4 Å². The van der Waals surface area contributed by atoms with E-state index in [-0.39, 0.29) is 0 Å². The fourth-order valence-electron chi connectivity index (χ4n) is 2.53. The summed E-state index contributed by atoms with van der Waals surface area (Å²) in [7, 11) is 0. The molecular weight excluding hydrogens is 248 g/mol. The van der Waals surface area contributed by atoms with Crippen LogP contribution in [0.4, 0.5) is 8.78 Å². The number of nitrogens with zero attached hydrogens (tertiary/aromatic N) is 1. The molecule has 0 unspecified atom stereocenters. The third-order valence-electron chi connectivity index (χ3n) is 3.71. The molecule has 0 aliphatic carbocycles. The van der Waals surface area contributed by atoms with Crippen molar-refractivity contribution >= 4 is 5.91 Å². The van der Waals surface area contributed by atoms with E-state index in [1.807, 2.05) is 6.92 Å². The number of halogens is 2. The molecule has 4 heteroatoms. The fourth-order valence-corrected chi connectivity index (χ4v) is 2.53. The number of rotatable bonds is 2. The number of likely N-dealkylation sites (tertiary alicyclic amines) is 1. The third kappa shape index (κ3) is 3.31. The maximum Gasteiger partial charge on any atom is 0.322 e. The van der Waals surface area contributed by atoms with Gasteiger partial charge in [-0.2, -0.15) is 8.78 Å². The topological polar surface area (TPSA) is 20.3 Å². The van der Waals surface area contributed by atoms with Crippen LogP contribution in [0.15, 0.2) is 24.3 Å². The summed E-state index contributed by atoms with van der Waals surface area (Å²) in [5.41, 5.74) is 2.45. The number of carbonyl (C=O) groups is 1. The number of hydrogen-bond acceptors (Lipinski definition) is 1. The molecule has 0 saturated carbocycles. The molecule has 0 bridgehead atoms. The normalized spacial score (nSPS) is 17.6. The largest absolute Gasteiger partial charge is 0.337 e. The second-order valence-corrected chi connectivity index (χ2v) is 5.37. The van der Waals surface area contributed by atoms with Gasteiger partial charge in [0.05, 0.1) is 0 Å². The Bertz CT molecular complexity index is 442.